The summed E-state index contributed by atoms with van der Waals surface area (Å²) in [5.74, 6) is 0.676. The van der Waals surface area contributed by atoms with E-state index in [-0.39, 0.29) is 6.04 Å². The summed E-state index contributed by atoms with van der Waals surface area (Å²) in [7, 11) is 0. The molecule has 4 rings (SSSR count). The molecule has 0 unspecified atom stereocenters. The lowest BCUT2D eigenvalue weighted by Crippen LogP contribution is -2.26. The van der Waals surface area contributed by atoms with Gasteiger partial charge in [0, 0.05) is 24.8 Å². The van der Waals surface area contributed by atoms with Crippen LogP contribution >= 0.6 is 11.6 Å². The molecule has 0 saturated carbocycles. The molecule has 0 bridgehead atoms. The summed E-state index contributed by atoms with van der Waals surface area (Å²) in [6.07, 6.45) is 12.1. The van der Waals surface area contributed by atoms with Crippen molar-refractivity contribution in [1.82, 2.24) is 24.9 Å². The average molecular weight is 375 g/mol. The molecular formula is C20H15ClN6. The van der Waals surface area contributed by atoms with Crippen LogP contribution in [0, 0.1) is 0 Å². The standard InChI is InChI=1S/C20H15ClN6/c21-18-6-1-7-19(26-18)27(17-12-24-14-25-13-17)20(15-4-2-8-22-10-15)16-5-3-9-23-11-16/h1-14,20H. The van der Waals surface area contributed by atoms with Crippen LogP contribution in [-0.4, -0.2) is 24.9 Å². The molecule has 0 aliphatic heterocycles. The van der Waals surface area contributed by atoms with Crippen molar-refractivity contribution in [1.29, 1.82) is 0 Å². The number of nitrogens with zero attached hydrogens (tertiary/aromatic N) is 6. The molecule has 0 radical (unpaired) electrons. The first-order valence-electron chi connectivity index (χ1n) is 8.29. The van der Waals surface area contributed by atoms with Crippen LogP contribution in [0.5, 0.6) is 0 Å². The normalized spacial score (nSPS) is 10.7. The first-order valence-corrected chi connectivity index (χ1v) is 8.67. The summed E-state index contributed by atoms with van der Waals surface area (Å²) in [6.45, 7) is 0. The van der Waals surface area contributed by atoms with E-state index in [1.54, 1.807) is 30.9 Å². The zero-order valence-corrected chi connectivity index (χ0v) is 15.0. The van der Waals surface area contributed by atoms with Gasteiger partial charge in [0.2, 0.25) is 0 Å². The van der Waals surface area contributed by atoms with Crippen molar-refractivity contribution >= 4 is 23.1 Å². The molecule has 0 fully saturated rings. The van der Waals surface area contributed by atoms with Crippen molar-refractivity contribution in [2.24, 2.45) is 0 Å². The van der Waals surface area contributed by atoms with Crippen molar-refractivity contribution < 1.29 is 0 Å². The monoisotopic (exact) mass is 374 g/mol. The fraction of sp³-hybridized carbons (Fsp3) is 0.0500. The highest BCUT2D eigenvalue weighted by atomic mass is 35.5. The Morgan fingerprint density at radius 1 is 0.741 bits per heavy atom. The molecular weight excluding hydrogens is 360 g/mol. The van der Waals surface area contributed by atoms with E-state index >= 15 is 0 Å². The summed E-state index contributed by atoms with van der Waals surface area (Å²) >= 11 is 6.18. The van der Waals surface area contributed by atoms with Crippen LogP contribution in [0.1, 0.15) is 17.2 Å². The van der Waals surface area contributed by atoms with Crippen LogP contribution in [0.4, 0.5) is 11.5 Å². The predicted octanol–water partition coefficient (Wildman–Crippen LogP) is 4.24. The van der Waals surface area contributed by atoms with E-state index in [0.29, 0.717) is 11.0 Å². The Labute approximate surface area is 161 Å². The molecule has 27 heavy (non-hydrogen) atoms. The lowest BCUT2D eigenvalue weighted by Gasteiger charge is -2.32. The maximum absolute atomic E-state index is 6.18. The first-order chi connectivity index (χ1) is 13.3. The summed E-state index contributed by atoms with van der Waals surface area (Å²) in [5.41, 5.74) is 2.75. The molecule has 0 aromatic carbocycles. The minimum absolute atomic E-state index is 0.232. The maximum atomic E-state index is 6.18. The van der Waals surface area contributed by atoms with Crippen molar-refractivity contribution in [3.8, 4) is 0 Å². The van der Waals surface area contributed by atoms with Crippen LogP contribution in [0.25, 0.3) is 0 Å². The highest BCUT2D eigenvalue weighted by molar-refractivity contribution is 6.29. The van der Waals surface area contributed by atoms with Crippen molar-refractivity contribution in [3.63, 3.8) is 0 Å². The minimum atomic E-state index is -0.232. The second-order valence-corrected chi connectivity index (χ2v) is 6.15. The third-order valence-electron chi connectivity index (χ3n) is 4.03. The van der Waals surface area contributed by atoms with Crippen molar-refractivity contribution in [2.75, 3.05) is 4.90 Å². The van der Waals surface area contributed by atoms with Gasteiger partial charge >= 0.3 is 0 Å². The van der Waals surface area contributed by atoms with Crippen LogP contribution in [0.2, 0.25) is 5.15 Å². The number of hydrogen-bond acceptors (Lipinski definition) is 6. The fourth-order valence-electron chi connectivity index (χ4n) is 2.93. The van der Waals surface area contributed by atoms with E-state index < -0.39 is 0 Å². The molecule has 0 saturated heterocycles. The Morgan fingerprint density at radius 2 is 1.41 bits per heavy atom. The van der Waals surface area contributed by atoms with E-state index in [4.69, 9.17) is 11.6 Å². The van der Waals surface area contributed by atoms with E-state index in [9.17, 15) is 0 Å². The molecule has 0 aliphatic rings. The van der Waals surface area contributed by atoms with Gasteiger partial charge in [0.25, 0.3) is 0 Å². The third kappa shape index (κ3) is 3.75. The molecule has 0 amide bonds. The Morgan fingerprint density at radius 3 is 1.96 bits per heavy atom. The molecule has 4 heterocycles. The quantitative estimate of drug-likeness (QED) is 0.487. The van der Waals surface area contributed by atoms with E-state index in [1.807, 2.05) is 53.7 Å². The van der Waals surface area contributed by atoms with E-state index in [0.717, 1.165) is 16.8 Å². The van der Waals surface area contributed by atoms with Gasteiger partial charge in [-0.05, 0) is 35.4 Å². The van der Waals surface area contributed by atoms with Gasteiger partial charge < -0.3 is 4.90 Å². The van der Waals surface area contributed by atoms with Gasteiger partial charge in [0.15, 0.2) is 0 Å². The highest BCUT2D eigenvalue weighted by Crippen LogP contribution is 2.37. The molecule has 0 N–H and O–H groups in total. The summed E-state index contributed by atoms with van der Waals surface area (Å²) in [6, 6.07) is 13.1. The highest BCUT2D eigenvalue weighted by Gasteiger charge is 2.26. The third-order valence-corrected chi connectivity index (χ3v) is 4.24. The lowest BCUT2D eigenvalue weighted by molar-refractivity contribution is 0.791. The van der Waals surface area contributed by atoms with E-state index in [1.165, 1.54) is 6.33 Å². The van der Waals surface area contributed by atoms with Gasteiger partial charge in [-0.3, -0.25) is 9.97 Å². The number of rotatable bonds is 5. The number of pyridine rings is 3. The van der Waals surface area contributed by atoms with Crippen LogP contribution < -0.4 is 4.90 Å². The number of aromatic nitrogens is 5. The molecule has 6 nitrogen and oxygen atoms in total. The second-order valence-electron chi connectivity index (χ2n) is 5.76. The van der Waals surface area contributed by atoms with Crippen molar-refractivity contribution in [3.05, 3.63) is 102 Å². The Balaban J connectivity index is 1.94. The fourth-order valence-corrected chi connectivity index (χ4v) is 3.09. The summed E-state index contributed by atoms with van der Waals surface area (Å²) < 4.78 is 0. The van der Waals surface area contributed by atoms with Gasteiger partial charge in [0.05, 0.1) is 24.1 Å². The van der Waals surface area contributed by atoms with E-state index in [2.05, 4.69) is 24.9 Å². The Hall–Kier alpha value is -3.38. The van der Waals surface area contributed by atoms with Gasteiger partial charge in [-0.15, -0.1) is 0 Å². The SMILES string of the molecule is Clc1cccc(N(c2cncnc2)C(c2cccnc2)c2cccnc2)n1. The Bertz CT molecular complexity index is 959. The van der Waals surface area contributed by atoms with Gasteiger partial charge in [0.1, 0.15) is 17.3 Å². The number of hydrogen-bond donors (Lipinski definition) is 0. The van der Waals surface area contributed by atoms with Crippen LogP contribution in [0.3, 0.4) is 0 Å². The number of halogens is 1. The maximum Gasteiger partial charge on any atom is 0.135 e. The van der Waals surface area contributed by atoms with Gasteiger partial charge in [-0.2, -0.15) is 0 Å². The zero-order chi connectivity index (χ0) is 18.5. The summed E-state index contributed by atoms with van der Waals surface area (Å²) in [4.78, 5) is 23.5. The average Bonchev–Trinajstić information content (AvgIpc) is 2.74. The topological polar surface area (TPSA) is 67.7 Å². The van der Waals surface area contributed by atoms with Crippen LogP contribution in [-0.2, 0) is 0 Å². The van der Waals surface area contributed by atoms with Gasteiger partial charge in [-0.25, -0.2) is 15.0 Å². The molecule has 4 aromatic heterocycles. The smallest absolute Gasteiger partial charge is 0.135 e. The first kappa shape index (κ1) is 17.1. The largest absolute Gasteiger partial charge is 0.312 e. The molecule has 132 valence electrons. The van der Waals surface area contributed by atoms with Crippen LogP contribution in [0.15, 0.2) is 86.0 Å². The molecule has 0 spiro atoms. The zero-order valence-electron chi connectivity index (χ0n) is 14.2. The molecule has 0 atom stereocenters. The number of anilines is 2. The summed E-state index contributed by atoms with van der Waals surface area (Å²) in [5, 5.41) is 0.408. The predicted molar refractivity (Wildman–Crippen MR) is 104 cm³/mol. The van der Waals surface area contributed by atoms with Crippen molar-refractivity contribution in [2.45, 2.75) is 6.04 Å². The lowest BCUT2D eigenvalue weighted by atomic mass is 9.99. The minimum Gasteiger partial charge on any atom is -0.312 e. The molecule has 0 aliphatic carbocycles. The second kappa shape index (κ2) is 7.88. The molecule has 7 heteroatoms. The Kier molecular flexibility index (Phi) is 4.98. The van der Waals surface area contributed by atoms with Gasteiger partial charge in [-0.1, -0.05) is 29.8 Å². The molecule has 4 aromatic rings.